The molecule has 0 aliphatic heterocycles. The molecule has 3 rings (SSSR count). The Morgan fingerprint density at radius 2 is 1.75 bits per heavy atom. The minimum absolute atomic E-state index is 0.117. The molecule has 2 aromatic carbocycles. The number of benzene rings is 2. The molecule has 0 spiro atoms. The number of para-hydroxylation sites is 1. The topological polar surface area (TPSA) is 22.0 Å². The van der Waals surface area contributed by atoms with Gasteiger partial charge in [0.2, 0.25) is 0 Å². The van der Waals surface area contributed by atoms with Gasteiger partial charge in [-0.25, -0.2) is 8.78 Å². The van der Waals surface area contributed by atoms with Crippen LogP contribution < -0.4 is 5.43 Å². The summed E-state index contributed by atoms with van der Waals surface area (Å²) in [6.07, 6.45) is 1.44. The summed E-state index contributed by atoms with van der Waals surface area (Å²) < 4.78 is 28.8. The van der Waals surface area contributed by atoms with Gasteiger partial charge in [-0.05, 0) is 24.3 Å². The standard InChI is InChI=1S/C15H8ClF2NO/c16-10-8-14-9(7-12(10)18)15(20)5-6-19(14)13-4-2-1-3-11(13)17/h1-8H. The van der Waals surface area contributed by atoms with Gasteiger partial charge in [-0.3, -0.25) is 4.79 Å². The molecule has 0 saturated heterocycles. The fourth-order valence-electron chi connectivity index (χ4n) is 2.10. The van der Waals surface area contributed by atoms with Crippen molar-refractivity contribution in [2.75, 3.05) is 0 Å². The quantitative estimate of drug-likeness (QED) is 0.666. The highest BCUT2D eigenvalue weighted by Crippen LogP contribution is 2.24. The first-order chi connectivity index (χ1) is 9.58. The lowest BCUT2D eigenvalue weighted by Gasteiger charge is -2.12. The van der Waals surface area contributed by atoms with E-state index >= 15 is 0 Å². The second-order valence-electron chi connectivity index (χ2n) is 4.28. The number of aromatic nitrogens is 1. The predicted octanol–water partition coefficient (Wildman–Crippen LogP) is 3.92. The summed E-state index contributed by atoms with van der Waals surface area (Å²) in [7, 11) is 0. The van der Waals surface area contributed by atoms with Crippen molar-refractivity contribution in [2.45, 2.75) is 0 Å². The third-order valence-corrected chi connectivity index (χ3v) is 3.34. The smallest absolute Gasteiger partial charge is 0.189 e. The monoisotopic (exact) mass is 291 g/mol. The second kappa shape index (κ2) is 4.72. The molecule has 20 heavy (non-hydrogen) atoms. The van der Waals surface area contributed by atoms with Crippen LogP contribution in [0.1, 0.15) is 0 Å². The van der Waals surface area contributed by atoms with Gasteiger partial charge in [0.15, 0.2) is 5.43 Å². The summed E-state index contributed by atoms with van der Waals surface area (Å²) in [4.78, 5) is 11.8. The van der Waals surface area contributed by atoms with Gasteiger partial charge in [-0.15, -0.1) is 0 Å². The van der Waals surface area contributed by atoms with Crippen LogP contribution in [0.4, 0.5) is 8.78 Å². The van der Waals surface area contributed by atoms with Gasteiger partial charge in [0.05, 0.1) is 16.2 Å². The number of pyridine rings is 1. The Kier molecular flexibility index (Phi) is 3.03. The van der Waals surface area contributed by atoms with E-state index in [-0.39, 0.29) is 21.5 Å². The summed E-state index contributed by atoms with van der Waals surface area (Å²) in [5.74, 6) is -1.12. The maximum Gasteiger partial charge on any atom is 0.189 e. The highest BCUT2D eigenvalue weighted by Gasteiger charge is 2.11. The second-order valence-corrected chi connectivity index (χ2v) is 4.69. The van der Waals surface area contributed by atoms with E-state index in [0.717, 1.165) is 6.07 Å². The lowest BCUT2D eigenvalue weighted by atomic mass is 10.2. The van der Waals surface area contributed by atoms with Gasteiger partial charge in [-0.1, -0.05) is 23.7 Å². The minimum atomic E-state index is -0.678. The summed E-state index contributed by atoms with van der Waals surface area (Å²) in [6, 6.07) is 9.77. The Labute approximate surface area is 117 Å². The molecule has 0 amide bonds. The minimum Gasteiger partial charge on any atom is -0.314 e. The molecule has 2 nitrogen and oxygen atoms in total. The fraction of sp³-hybridized carbons (Fsp3) is 0. The van der Waals surface area contributed by atoms with Crippen molar-refractivity contribution in [3.05, 3.63) is 75.5 Å². The van der Waals surface area contributed by atoms with Crippen molar-refractivity contribution in [2.24, 2.45) is 0 Å². The van der Waals surface area contributed by atoms with Gasteiger partial charge in [0, 0.05) is 17.6 Å². The van der Waals surface area contributed by atoms with Crippen molar-refractivity contribution in [3.8, 4) is 5.69 Å². The van der Waals surface area contributed by atoms with Gasteiger partial charge in [0.25, 0.3) is 0 Å². The van der Waals surface area contributed by atoms with E-state index < -0.39 is 11.6 Å². The first-order valence-electron chi connectivity index (χ1n) is 5.83. The number of rotatable bonds is 1. The predicted molar refractivity (Wildman–Crippen MR) is 74.5 cm³/mol. The molecule has 0 saturated carbocycles. The number of hydrogen-bond acceptors (Lipinski definition) is 1. The van der Waals surface area contributed by atoms with Crippen molar-refractivity contribution >= 4 is 22.5 Å². The van der Waals surface area contributed by atoms with Gasteiger partial charge >= 0.3 is 0 Å². The lowest BCUT2D eigenvalue weighted by Crippen LogP contribution is -2.08. The van der Waals surface area contributed by atoms with Crippen LogP contribution in [0.25, 0.3) is 16.6 Å². The van der Waals surface area contributed by atoms with Crippen LogP contribution in [0, 0.1) is 11.6 Å². The molecule has 1 aromatic heterocycles. The highest BCUT2D eigenvalue weighted by molar-refractivity contribution is 6.31. The molecule has 0 aliphatic rings. The summed E-state index contributed by atoms with van der Waals surface area (Å²) >= 11 is 5.76. The average Bonchev–Trinajstić information content (AvgIpc) is 2.43. The maximum atomic E-state index is 13.9. The summed E-state index contributed by atoms with van der Waals surface area (Å²) in [6.45, 7) is 0. The SMILES string of the molecule is O=c1ccn(-c2ccccc2F)c2cc(Cl)c(F)cc12. The Hall–Kier alpha value is -2.20. The fourth-order valence-corrected chi connectivity index (χ4v) is 2.26. The van der Waals surface area contributed by atoms with E-state index in [1.807, 2.05) is 0 Å². The Bertz CT molecular complexity index is 873. The van der Waals surface area contributed by atoms with Gasteiger partial charge < -0.3 is 4.57 Å². The van der Waals surface area contributed by atoms with Crippen LogP contribution >= 0.6 is 11.6 Å². The number of halogens is 3. The van der Waals surface area contributed by atoms with Crippen LogP contribution in [-0.2, 0) is 0 Å². The van der Waals surface area contributed by atoms with E-state index in [4.69, 9.17) is 11.6 Å². The van der Waals surface area contributed by atoms with E-state index in [9.17, 15) is 13.6 Å². The average molecular weight is 292 g/mol. The zero-order valence-corrected chi connectivity index (χ0v) is 10.9. The molecule has 3 aromatic rings. The van der Waals surface area contributed by atoms with Crippen molar-refractivity contribution in [3.63, 3.8) is 0 Å². The van der Waals surface area contributed by atoms with Crippen molar-refractivity contribution < 1.29 is 8.78 Å². The Morgan fingerprint density at radius 3 is 2.50 bits per heavy atom. The number of fused-ring (bicyclic) bond motifs is 1. The third-order valence-electron chi connectivity index (χ3n) is 3.05. The van der Waals surface area contributed by atoms with Crippen molar-refractivity contribution in [1.29, 1.82) is 0 Å². The molecular weight excluding hydrogens is 284 g/mol. The largest absolute Gasteiger partial charge is 0.314 e. The van der Waals surface area contributed by atoms with E-state index in [2.05, 4.69) is 0 Å². The molecule has 0 fully saturated rings. The zero-order valence-electron chi connectivity index (χ0n) is 10.1. The van der Waals surface area contributed by atoms with Crippen LogP contribution in [0.5, 0.6) is 0 Å². The molecule has 0 unspecified atom stereocenters. The molecule has 0 aliphatic carbocycles. The van der Waals surface area contributed by atoms with Crippen LogP contribution in [0.3, 0.4) is 0 Å². The lowest BCUT2D eigenvalue weighted by molar-refractivity contribution is 0.619. The molecule has 0 atom stereocenters. The Balaban J connectivity index is 2.44. The summed E-state index contributed by atoms with van der Waals surface area (Å²) in [5.41, 5.74) is 0.275. The first kappa shape index (κ1) is 12.8. The molecule has 0 N–H and O–H groups in total. The normalized spacial score (nSPS) is 10.9. The van der Waals surface area contributed by atoms with Crippen molar-refractivity contribution in [1.82, 2.24) is 4.57 Å². The van der Waals surface area contributed by atoms with E-state index in [1.165, 1.54) is 29.0 Å². The molecule has 0 bridgehead atoms. The van der Waals surface area contributed by atoms with Gasteiger partial charge in [0.1, 0.15) is 11.6 Å². The first-order valence-corrected chi connectivity index (χ1v) is 6.21. The highest BCUT2D eigenvalue weighted by atomic mass is 35.5. The summed E-state index contributed by atoms with van der Waals surface area (Å²) in [5, 5.41) is 0.0332. The molecular formula is C15H8ClF2NO. The molecule has 100 valence electrons. The van der Waals surface area contributed by atoms with Gasteiger partial charge in [-0.2, -0.15) is 0 Å². The van der Waals surface area contributed by atoms with E-state index in [0.29, 0.717) is 5.52 Å². The molecule has 5 heteroatoms. The van der Waals surface area contributed by atoms with Crippen LogP contribution in [-0.4, -0.2) is 4.57 Å². The maximum absolute atomic E-state index is 13.9. The number of nitrogens with zero attached hydrogens (tertiary/aromatic N) is 1. The van der Waals surface area contributed by atoms with Crippen LogP contribution in [0.2, 0.25) is 5.02 Å². The number of hydrogen-bond donors (Lipinski definition) is 0. The molecule has 0 radical (unpaired) electrons. The van der Waals surface area contributed by atoms with E-state index in [1.54, 1.807) is 18.2 Å². The zero-order chi connectivity index (χ0) is 14.3. The molecule has 1 heterocycles. The van der Waals surface area contributed by atoms with Crippen LogP contribution in [0.15, 0.2) is 53.5 Å². The third kappa shape index (κ3) is 1.98. The Morgan fingerprint density at radius 1 is 1.00 bits per heavy atom.